The highest BCUT2D eigenvalue weighted by Gasteiger charge is 2.17. The Kier molecular flexibility index (Phi) is 5.17. The van der Waals surface area contributed by atoms with Crippen molar-refractivity contribution >= 4 is 44.3 Å². The van der Waals surface area contributed by atoms with Crippen LogP contribution in [0.3, 0.4) is 0 Å². The number of amides is 1. The van der Waals surface area contributed by atoms with E-state index in [1.807, 2.05) is 42.5 Å². The van der Waals surface area contributed by atoms with Crippen molar-refractivity contribution in [3.8, 4) is 0 Å². The number of carbonyl (C=O) groups is 1. The van der Waals surface area contributed by atoms with Crippen LogP contribution in [0.1, 0.15) is 34.0 Å². The molecule has 3 aromatic rings. The first-order valence-electron chi connectivity index (χ1n) is 9.22. The second-order valence-electron chi connectivity index (χ2n) is 7.23. The zero-order chi connectivity index (χ0) is 20.5. The van der Waals surface area contributed by atoms with E-state index in [0.29, 0.717) is 21.5 Å². The molecule has 3 N–H and O–H groups in total. The van der Waals surface area contributed by atoms with Crippen molar-refractivity contribution < 1.29 is 4.79 Å². The largest absolute Gasteiger partial charge is 0.307 e. The summed E-state index contributed by atoms with van der Waals surface area (Å²) in [6.07, 6.45) is 1.71. The van der Waals surface area contributed by atoms with E-state index in [1.54, 1.807) is 13.1 Å². The van der Waals surface area contributed by atoms with Gasteiger partial charge in [-0.25, -0.2) is 4.98 Å². The lowest BCUT2D eigenvalue weighted by atomic mass is 10.1. The summed E-state index contributed by atoms with van der Waals surface area (Å²) in [6.45, 7) is 3.43. The van der Waals surface area contributed by atoms with Gasteiger partial charge in [-0.15, -0.1) is 0 Å². The van der Waals surface area contributed by atoms with E-state index in [0.717, 1.165) is 41.2 Å². The summed E-state index contributed by atoms with van der Waals surface area (Å²) < 4.78 is 0. The monoisotopic (exact) mass is 403 g/mol. The van der Waals surface area contributed by atoms with Gasteiger partial charge < -0.3 is 5.32 Å². The number of anilines is 1. The molecule has 0 fully saturated rings. The van der Waals surface area contributed by atoms with Crippen molar-refractivity contribution in [1.82, 2.24) is 9.88 Å². The molecule has 146 valence electrons. The lowest BCUT2D eigenvalue weighted by molar-refractivity contribution is 0.102. The Balaban J connectivity index is 1.56. The van der Waals surface area contributed by atoms with Gasteiger partial charge in [-0.1, -0.05) is 30.0 Å². The summed E-state index contributed by atoms with van der Waals surface area (Å²) in [5.74, 6) is 0.285. The molecule has 0 bridgehead atoms. The van der Waals surface area contributed by atoms with Crippen LogP contribution < -0.4 is 5.32 Å². The Morgan fingerprint density at radius 2 is 1.79 bits per heavy atom. The number of nitrogens with zero attached hydrogens (tertiary/aromatic N) is 2. The second-order valence-corrected chi connectivity index (χ2v) is 8.45. The molecule has 0 saturated carbocycles. The highest BCUT2D eigenvalue weighted by Crippen LogP contribution is 2.24. The molecule has 2 aromatic carbocycles. The Morgan fingerprint density at radius 3 is 2.59 bits per heavy atom. The van der Waals surface area contributed by atoms with Gasteiger partial charge in [-0.2, -0.15) is 0 Å². The minimum atomic E-state index is -0.187. The van der Waals surface area contributed by atoms with Gasteiger partial charge in [0, 0.05) is 35.8 Å². The molecule has 1 aliphatic rings. The van der Waals surface area contributed by atoms with E-state index in [1.165, 1.54) is 11.1 Å². The molecule has 0 spiro atoms. The fraction of sp³-hybridized carbons (Fsp3) is 0.182. The molecule has 29 heavy (non-hydrogen) atoms. The van der Waals surface area contributed by atoms with Gasteiger partial charge in [-0.3, -0.25) is 20.5 Å². The van der Waals surface area contributed by atoms with E-state index in [4.69, 9.17) is 10.8 Å². The number of carbonyl (C=O) groups excluding carboxylic acids is 1. The lowest BCUT2D eigenvalue weighted by Crippen LogP contribution is -2.13. The van der Waals surface area contributed by atoms with Gasteiger partial charge in [0.1, 0.15) is 10.9 Å². The third-order valence-electron chi connectivity index (χ3n) is 4.83. The predicted octanol–water partition coefficient (Wildman–Crippen LogP) is 4.49. The number of thioether (sulfide) groups is 1. The molecule has 0 aliphatic carbocycles. The smallest absolute Gasteiger partial charge is 0.256 e. The topological polar surface area (TPSA) is 92.9 Å². The Morgan fingerprint density at radius 1 is 1.03 bits per heavy atom. The zero-order valence-corrected chi connectivity index (χ0v) is 17.1. The molecule has 4 rings (SSSR count). The van der Waals surface area contributed by atoms with Crippen LogP contribution in [0.4, 0.5) is 5.82 Å². The van der Waals surface area contributed by atoms with Gasteiger partial charge in [0.2, 0.25) is 0 Å². The maximum atomic E-state index is 12.7. The third kappa shape index (κ3) is 4.21. The number of hydrogen-bond acceptors (Lipinski definition) is 6. The molecule has 1 amide bonds. The highest BCUT2D eigenvalue weighted by molar-refractivity contribution is 8.26. The summed E-state index contributed by atoms with van der Waals surface area (Å²) in [6, 6.07) is 13.3. The molecule has 0 unspecified atom stereocenters. The van der Waals surface area contributed by atoms with Crippen molar-refractivity contribution in [2.24, 2.45) is 0 Å². The normalized spacial score (nSPS) is 13.3. The Bertz CT molecular complexity index is 1160. The number of pyridine rings is 1. The molecule has 0 atom stereocenters. The average Bonchev–Trinajstić information content (AvgIpc) is 3.06. The van der Waals surface area contributed by atoms with Gasteiger partial charge in [-0.05, 0) is 54.8 Å². The number of fused-ring (bicyclic) bond motifs is 2. The van der Waals surface area contributed by atoms with Gasteiger partial charge in [0.25, 0.3) is 5.91 Å². The van der Waals surface area contributed by atoms with Crippen LogP contribution in [0.25, 0.3) is 10.8 Å². The summed E-state index contributed by atoms with van der Waals surface area (Å²) >= 11 is 1.12. The van der Waals surface area contributed by atoms with Gasteiger partial charge >= 0.3 is 0 Å². The highest BCUT2D eigenvalue weighted by atomic mass is 32.2. The molecule has 7 heteroatoms. The standard InChI is InChI=1S/C22H21N5OS/c1-13(23)29-21(24)14-3-5-16-10-25-20(9-18(16)7-14)26-22(28)15-4-6-17-11-27(2)12-19(17)8-15/h3-10,23-24H,11-12H2,1-2H3,(H,25,26,28). The van der Waals surface area contributed by atoms with Crippen LogP contribution >= 0.6 is 11.8 Å². The second kappa shape index (κ2) is 7.77. The zero-order valence-electron chi connectivity index (χ0n) is 16.2. The number of hydrogen-bond donors (Lipinski definition) is 3. The third-order valence-corrected chi connectivity index (χ3v) is 5.58. The number of benzene rings is 2. The SMILES string of the molecule is CC(=N)SC(=N)c1ccc2cnc(NC(=O)c3ccc4c(c3)CN(C)C4)cc2c1. The van der Waals surface area contributed by atoms with E-state index in [2.05, 4.69) is 22.2 Å². The van der Waals surface area contributed by atoms with Crippen molar-refractivity contribution in [3.63, 3.8) is 0 Å². The van der Waals surface area contributed by atoms with Crippen molar-refractivity contribution in [2.75, 3.05) is 12.4 Å². The van der Waals surface area contributed by atoms with E-state index < -0.39 is 0 Å². The predicted molar refractivity (Wildman–Crippen MR) is 119 cm³/mol. The van der Waals surface area contributed by atoms with Crippen LogP contribution in [0, 0.1) is 10.8 Å². The van der Waals surface area contributed by atoms with Gasteiger partial charge in [0.05, 0.1) is 5.04 Å². The first kappa shape index (κ1) is 19.3. The maximum absolute atomic E-state index is 12.7. The summed E-state index contributed by atoms with van der Waals surface area (Å²) in [5, 5.41) is 21.1. The molecule has 6 nitrogen and oxygen atoms in total. The Hall–Kier alpha value is -3.03. The van der Waals surface area contributed by atoms with E-state index in [9.17, 15) is 4.79 Å². The average molecular weight is 404 g/mol. The molecule has 1 aromatic heterocycles. The van der Waals surface area contributed by atoms with Crippen molar-refractivity contribution in [1.29, 1.82) is 10.8 Å². The summed E-state index contributed by atoms with van der Waals surface area (Å²) in [7, 11) is 2.06. The molecular weight excluding hydrogens is 382 g/mol. The summed E-state index contributed by atoms with van der Waals surface area (Å²) in [5.41, 5.74) is 3.81. The molecule has 0 saturated heterocycles. The number of rotatable bonds is 3. The molecule has 1 aliphatic heterocycles. The first-order chi connectivity index (χ1) is 13.9. The fourth-order valence-electron chi connectivity index (χ4n) is 3.46. The minimum absolute atomic E-state index is 0.187. The molecule has 2 heterocycles. The molecule has 0 radical (unpaired) electrons. The van der Waals surface area contributed by atoms with Crippen molar-refractivity contribution in [2.45, 2.75) is 20.0 Å². The van der Waals surface area contributed by atoms with Gasteiger partial charge in [0.15, 0.2) is 0 Å². The quantitative estimate of drug-likeness (QED) is 0.444. The Labute approximate surface area is 173 Å². The van der Waals surface area contributed by atoms with Crippen molar-refractivity contribution in [3.05, 3.63) is 70.9 Å². The van der Waals surface area contributed by atoms with E-state index in [-0.39, 0.29) is 5.91 Å². The van der Waals surface area contributed by atoms with Crippen LogP contribution in [-0.4, -0.2) is 32.9 Å². The van der Waals surface area contributed by atoms with Crippen LogP contribution in [-0.2, 0) is 13.1 Å². The lowest BCUT2D eigenvalue weighted by Gasteiger charge is -2.08. The van der Waals surface area contributed by atoms with Crippen LogP contribution in [0.2, 0.25) is 0 Å². The number of aromatic nitrogens is 1. The number of nitrogens with one attached hydrogen (secondary N) is 3. The van der Waals surface area contributed by atoms with E-state index >= 15 is 0 Å². The minimum Gasteiger partial charge on any atom is -0.307 e. The summed E-state index contributed by atoms with van der Waals surface area (Å²) in [4.78, 5) is 19.3. The first-order valence-corrected chi connectivity index (χ1v) is 10.0. The van der Waals surface area contributed by atoms with Crippen LogP contribution in [0.5, 0.6) is 0 Å². The maximum Gasteiger partial charge on any atom is 0.256 e. The molecular formula is C22H21N5OS. The fourth-order valence-corrected chi connectivity index (χ4v) is 4.01. The van der Waals surface area contributed by atoms with Crippen LogP contribution in [0.15, 0.2) is 48.7 Å².